The van der Waals surface area contributed by atoms with E-state index >= 15 is 0 Å². The van der Waals surface area contributed by atoms with E-state index in [1.165, 1.54) is 5.67 Å². The second kappa shape index (κ2) is 4.31. The molecule has 0 saturated carbocycles. The Hall–Kier alpha value is 0.394. The molecule has 0 bridgehead atoms. The summed E-state index contributed by atoms with van der Waals surface area (Å²) in [5.41, 5.74) is 1.42. The fraction of sp³-hybridized carbons (Fsp3) is 1.00. The van der Waals surface area contributed by atoms with Gasteiger partial charge in [0.1, 0.15) is 0 Å². The SMILES string of the molecule is CCO[SiH](C)C[Si](C)(C)C. The molecule has 1 unspecified atom stereocenters. The Kier molecular flexibility index (Phi) is 4.48. The van der Waals surface area contributed by atoms with Gasteiger partial charge < -0.3 is 4.43 Å². The molecule has 0 amide bonds. The molecule has 0 spiro atoms. The molecular formula is C7H20OSi2. The maximum absolute atomic E-state index is 5.59. The van der Waals surface area contributed by atoms with Gasteiger partial charge in [-0.25, -0.2) is 0 Å². The standard InChI is InChI=1S/C7H20OSi2/c1-6-8-9(2)7-10(3,4)5/h9H,6-7H2,1-5H3. The first-order valence-electron chi connectivity index (χ1n) is 4.07. The van der Waals surface area contributed by atoms with Crippen LogP contribution in [0.4, 0.5) is 0 Å². The van der Waals surface area contributed by atoms with E-state index in [2.05, 4.69) is 33.1 Å². The molecule has 0 saturated heterocycles. The Bertz CT molecular complexity index is 88.1. The highest BCUT2D eigenvalue weighted by Crippen LogP contribution is 2.10. The van der Waals surface area contributed by atoms with E-state index in [1.54, 1.807) is 0 Å². The second-order valence-corrected chi connectivity index (χ2v) is 12.7. The number of hydrogen-bond donors (Lipinski definition) is 0. The molecule has 0 N–H and O–H groups in total. The summed E-state index contributed by atoms with van der Waals surface area (Å²) < 4.78 is 5.59. The average molecular weight is 176 g/mol. The van der Waals surface area contributed by atoms with E-state index in [1.807, 2.05) is 0 Å². The molecule has 0 radical (unpaired) electrons. The van der Waals surface area contributed by atoms with Crippen molar-refractivity contribution in [1.29, 1.82) is 0 Å². The van der Waals surface area contributed by atoms with Crippen LogP contribution in [0.2, 0.25) is 31.9 Å². The van der Waals surface area contributed by atoms with Crippen LogP contribution in [0.15, 0.2) is 0 Å². The lowest BCUT2D eigenvalue weighted by atomic mass is 10.9. The summed E-state index contributed by atoms with van der Waals surface area (Å²) in [5.74, 6) is 0. The maximum atomic E-state index is 5.59. The molecule has 0 fully saturated rings. The average Bonchev–Trinajstić information content (AvgIpc) is 1.59. The lowest BCUT2D eigenvalue weighted by Crippen LogP contribution is -2.29. The van der Waals surface area contributed by atoms with Crippen LogP contribution >= 0.6 is 0 Å². The molecule has 0 aromatic heterocycles. The Labute approximate surface area is 67.5 Å². The highest BCUT2D eigenvalue weighted by molar-refractivity contribution is 6.85. The summed E-state index contributed by atoms with van der Waals surface area (Å²) in [6.45, 7) is 12.5. The van der Waals surface area contributed by atoms with Crippen LogP contribution in [-0.2, 0) is 4.43 Å². The summed E-state index contributed by atoms with van der Waals surface area (Å²) >= 11 is 0. The zero-order valence-corrected chi connectivity index (χ0v) is 10.1. The van der Waals surface area contributed by atoms with Gasteiger partial charge >= 0.3 is 0 Å². The molecule has 62 valence electrons. The van der Waals surface area contributed by atoms with Crippen molar-refractivity contribution in [3.8, 4) is 0 Å². The molecule has 1 atom stereocenters. The molecule has 0 rings (SSSR count). The van der Waals surface area contributed by atoms with E-state index in [0.717, 1.165) is 6.61 Å². The van der Waals surface area contributed by atoms with Crippen molar-refractivity contribution in [3.63, 3.8) is 0 Å². The van der Waals surface area contributed by atoms with Gasteiger partial charge in [-0.1, -0.05) is 19.6 Å². The minimum Gasteiger partial charge on any atom is -0.421 e. The second-order valence-electron chi connectivity index (χ2n) is 4.03. The summed E-state index contributed by atoms with van der Waals surface area (Å²) in [7, 11) is -1.59. The summed E-state index contributed by atoms with van der Waals surface area (Å²) in [4.78, 5) is 0. The Balaban J connectivity index is 3.47. The third kappa shape index (κ3) is 6.51. The first kappa shape index (κ1) is 10.4. The molecule has 0 aliphatic heterocycles. The van der Waals surface area contributed by atoms with E-state index in [0.29, 0.717) is 0 Å². The lowest BCUT2D eigenvalue weighted by molar-refractivity contribution is 0.348. The minimum atomic E-state index is -0.821. The quantitative estimate of drug-likeness (QED) is 0.597. The van der Waals surface area contributed by atoms with Gasteiger partial charge in [0.15, 0.2) is 9.04 Å². The largest absolute Gasteiger partial charge is 0.421 e. The van der Waals surface area contributed by atoms with Crippen molar-refractivity contribution < 1.29 is 4.43 Å². The third-order valence-corrected chi connectivity index (χ3v) is 9.45. The normalized spacial score (nSPS) is 15.3. The van der Waals surface area contributed by atoms with Gasteiger partial charge in [-0.2, -0.15) is 0 Å². The van der Waals surface area contributed by atoms with Crippen LogP contribution in [0, 0.1) is 0 Å². The van der Waals surface area contributed by atoms with Gasteiger partial charge in [0.05, 0.1) is 0 Å². The fourth-order valence-electron chi connectivity index (χ4n) is 1.21. The minimum absolute atomic E-state index is 0.765. The first-order chi connectivity index (χ1) is 4.45. The Morgan fingerprint density at radius 2 is 1.80 bits per heavy atom. The van der Waals surface area contributed by atoms with E-state index in [9.17, 15) is 0 Å². The molecule has 0 aliphatic carbocycles. The van der Waals surface area contributed by atoms with Crippen LogP contribution in [0.1, 0.15) is 6.92 Å². The van der Waals surface area contributed by atoms with Gasteiger partial charge in [-0.05, 0) is 19.1 Å². The Morgan fingerprint density at radius 1 is 1.30 bits per heavy atom. The molecule has 10 heavy (non-hydrogen) atoms. The third-order valence-electron chi connectivity index (χ3n) is 1.35. The maximum Gasteiger partial charge on any atom is 0.171 e. The Morgan fingerprint density at radius 3 is 2.10 bits per heavy atom. The molecule has 0 aliphatic rings. The van der Waals surface area contributed by atoms with Gasteiger partial charge in [-0.15, -0.1) is 0 Å². The van der Waals surface area contributed by atoms with Crippen LogP contribution in [0.25, 0.3) is 0 Å². The van der Waals surface area contributed by atoms with Crippen molar-refractivity contribution in [1.82, 2.24) is 0 Å². The molecular weight excluding hydrogens is 156 g/mol. The van der Waals surface area contributed by atoms with Crippen LogP contribution in [0.5, 0.6) is 0 Å². The van der Waals surface area contributed by atoms with E-state index in [4.69, 9.17) is 4.43 Å². The summed E-state index contributed by atoms with van der Waals surface area (Å²) in [5, 5.41) is 0. The highest BCUT2D eigenvalue weighted by atomic mass is 28.4. The van der Waals surface area contributed by atoms with Crippen LogP contribution in [-0.4, -0.2) is 23.7 Å². The van der Waals surface area contributed by atoms with Crippen molar-refractivity contribution in [2.75, 3.05) is 6.61 Å². The van der Waals surface area contributed by atoms with Gasteiger partial charge in [0.25, 0.3) is 0 Å². The van der Waals surface area contributed by atoms with Crippen molar-refractivity contribution in [2.45, 2.75) is 38.8 Å². The van der Waals surface area contributed by atoms with Crippen LogP contribution in [0.3, 0.4) is 0 Å². The lowest BCUT2D eigenvalue weighted by Gasteiger charge is -2.19. The zero-order chi connectivity index (χ0) is 8.20. The topological polar surface area (TPSA) is 9.23 Å². The smallest absolute Gasteiger partial charge is 0.171 e. The zero-order valence-electron chi connectivity index (χ0n) is 7.90. The van der Waals surface area contributed by atoms with Crippen LogP contribution < -0.4 is 0 Å². The van der Waals surface area contributed by atoms with Crippen molar-refractivity contribution in [2.24, 2.45) is 0 Å². The molecule has 1 nitrogen and oxygen atoms in total. The monoisotopic (exact) mass is 176 g/mol. The van der Waals surface area contributed by atoms with Gasteiger partial charge in [0.2, 0.25) is 0 Å². The van der Waals surface area contributed by atoms with Crippen molar-refractivity contribution in [3.05, 3.63) is 0 Å². The number of hydrogen-bond acceptors (Lipinski definition) is 1. The van der Waals surface area contributed by atoms with Crippen molar-refractivity contribution >= 4 is 17.1 Å². The van der Waals surface area contributed by atoms with Gasteiger partial charge in [-0.3, -0.25) is 0 Å². The molecule has 0 heterocycles. The molecule has 0 aromatic carbocycles. The fourth-order valence-corrected chi connectivity index (χ4v) is 9.15. The predicted molar refractivity (Wildman–Crippen MR) is 52.8 cm³/mol. The van der Waals surface area contributed by atoms with E-state index in [-0.39, 0.29) is 0 Å². The first-order valence-corrected chi connectivity index (χ1v) is 10.2. The molecule has 0 aromatic rings. The predicted octanol–water partition coefficient (Wildman–Crippen LogP) is 2.25. The summed E-state index contributed by atoms with van der Waals surface area (Å²) in [6.07, 6.45) is 0. The molecule has 3 heteroatoms. The van der Waals surface area contributed by atoms with E-state index < -0.39 is 17.1 Å². The number of rotatable bonds is 4. The summed E-state index contributed by atoms with van der Waals surface area (Å²) in [6, 6.07) is 0. The van der Waals surface area contributed by atoms with Gasteiger partial charge in [0, 0.05) is 14.7 Å². The highest BCUT2D eigenvalue weighted by Gasteiger charge is 2.18.